The molecule has 0 unspecified atom stereocenters. The van der Waals surface area contributed by atoms with Crippen molar-refractivity contribution in [3.05, 3.63) is 0 Å². The van der Waals surface area contributed by atoms with E-state index in [1.54, 1.807) is 0 Å². The van der Waals surface area contributed by atoms with Crippen LogP contribution < -0.4 is 0 Å². The number of nitrogens with zero attached hydrogens (tertiary/aromatic N) is 5. The highest BCUT2D eigenvalue weighted by atomic mass is 32.3. The third-order valence-electron chi connectivity index (χ3n) is 6.07. The van der Waals surface area contributed by atoms with Gasteiger partial charge in [-0.05, 0) is 40.5 Å². The normalized spacial score (nSPS) is 24.6. The Morgan fingerprint density at radius 2 is 1.73 bits per heavy atom. The zero-order chi connectivity index (χ0) is 22.9. The van der Waals surface area contributed by atoms with Crippen molar-refractivity contribution in [2.24, 2.45) is 4.99 Å². The molecule has 0 atom stereocenters. The molecule has 1 aliphatic carbocycles. The number of hydroxylamine groups is 2. The van der Waals surface area contributed by atoms with Gasteiger partial charge in [-0.1, -0.05) is 19.3 Å². The van der Waals surface area contributed by atoms with E-state index in [9.17, 15) is 18.2 Å². The molecule has 0 aromatic carbocycles. The monoisotopic (exact) mass is 446 g/mol. The van der Waals surface area contributed by atoms with Crippen LogP contribution in [-0.4, -0.2) is 95.7 Å². The second-order valence-corrected chi connectivity index (χ2v) is 10.3. The predicted molar refractivity (Wildman–Crippen MR) is 112 cm³/mol. The Morgan fingerprint density at radius 3 is 2.17 bits per heavy atom. The molecule has 0 N–H and O–H groups in total. The Morgan fingerprint density at radius 1 is 1.20 bits per heavy atom. The minimum atomic E-state index is -4.41. The molecule has 3 aliphatic rings. The summed E-state index contributed by atoms with van der Waals surface area (Å²) in [6, 6.07) is 0.596. The van der Waals surface area contributed by atoms with Gasteiger partial charge < -0.3 is 4.55 Å². The lowest BCUT2D eigenvalue weighted by atomic mass is 9.94. The fraction of sp³-hybridized carbons (Fsp3) is 0.895. The minimum Gasteiger partial charge on any atom is -0.726 e. The Bertz CT molecular complexity index is 787. The zero-order valence-corrected chi connectivity index (χ0v) is 20.0. The van der Waals surface area contributed by atoms with Crippen molar-refractivity contribution < 1.29 is 26.9 Å². The molecular weight excluding hydrogens is 410 g/mol. The summed E-state index contributed by atoms with van der Waals surface area (Å²) in [6.45, 7) is 9.65. The molecule has 11 heteroatoms. The van der Waals surface area contributed by atoms with E-state index >= 15 is 0 Å². The SMILES string of the molecule is CN(C1=[N+](C)CCN1C1=NC(C)(C)N([O])C1(C)C)C1CCCCC1.COS(=O)(=O)[O-]. The lowest BCUT2D eigenvalue weighted by Gasteiger charge is -2.34. The number of aliphatic imine (C=N–C) groups is 1. The van der Waals surface area contributed by atoms with Crippen LogP contribution >= 0.6 is 0 Å². The molecule has 0 bridgehead atoms. The lowest BCUT2D eigenvalue weighted by molar-refractivity contribution is -0.491. The second kappa shape index (κ2) is 9.07. The molecule has 0 aromatic heterocycles. The van der Waals surface area contributed by atoms with Crippen LogP contribution in [0.3, 0.4) is 0 Å². The van der Waals surface area contributed by atoms with Gasteiger partial charge in [-0.3, -0.25) is 13.7 Å². The first-order valence-electron chi connectivity index (χ1n) is 10.4. The van der Waals surface area contributed by atoms with E-state index in [0.29, 0.717) is 6.04 Å². The van der Waals surface area contributed by atoms with E-state index in [0.717, 1.165) is 31.1 Å². The van der Waals surface area contributed by atoms with Crippen LogP contribution in [0.4, 0.5) is 0 Å². The summed E-state index contributed by atoms with van der Waals surface area (Å²) in [5.74, 6) is 2.12. The topological polar surface area (TPSA) is 111 Å². The summed E-state index contributed by atoms with van der Waals surface area (Å²) in [5, 5.41) is 13.9. The fourth-order valence-corrected chi connectivity index (χ4v) is 4.55. The van der Waals surface area contributed by atoms with Gasteiger partial charge in [0.1, 0.15) is 17.7 Å². The minimum absolute atomic E-state index is 0.596. The molecule has 0 saturated heterocycles. The highest BCUT2D eigenvalue weighted by molar-refractivity contribution is 7.80. The quantitative estimate of drug-likeness (QED) is 0.356. The van der Waals surface area contributed by atoms with E-state index < -0.39 is 21.6 Å². The van der Waals surface area contributed by atoms with E-state index in [1.807, 2.05) is 27.7 Å². The molecule has 1 radical (unpaired) electrons. The average molecular weight is 447 g/mol. The van der Waals surface area contributed by atoms with Crippen molar-refractivity contribution >= 4 is 22.2 Å². The van der Waals surface area contributed by atoms with E-state index in [2.05, 4.69) is 32.7 Å². The summed E-state index contributed by atoms with van der Waals surface area (Å²) >= 11 is 0. The molecule has 3 rings (SSSR count). The molecule has 30 heavy (non-hydrogen) atoms. The predicted octanol–water partition coefficient (Wildman–Crippen LogP) is 1.23. The Labute approximate surface area is 180 Å². The summed E-state index contributed by atoms with van der Waals surface area (Å²) in [7, 11) is 0.757. The van der Waals surface area contributed by atoms with Gasteiger partial charge in [-0.25, -0.2) is 18.3 Å². The molecule has 173 valence electrons. The molecule has 2 heterocycles. The molecule has 10 nitrogen and oxygen atoms in total. The second-order valence-electron chi connectivity index (χ2n) is 9.13. The van der Waals surface area contributed by atoms with Crippen molar-refractivity contribution in [1.82, 2.24) is 14.9 Å². The van der Waals surface area contributed by atoms with Gasteiger partial charge in [-0.2, -0.15) is 0 Å². The molecule has 2 aliphatic heterocycles. The van der Waals surface area contributed by atoms with Gasteiger partial charge in [0.2, 0.25) is 10.4 Å². The van der Waals surface area contributed by atoms with Crippen LogP contribution in [0.1, 0.15) is 59.8 Å². The van der Waals surface area contributed by atoms with Crippen LogP contribution in [0.2, 0.25) is 0 Å². The van der Waals surface area contributed by atoms with Crippen molar-refractivity contribution in [3.8, 4) is 0 Å². The maximum atomic E-state index is 12.7. The molecule has 0 aromatic rings. The first kappa shape index (κ1) is 25.0. The van der Waals surface area contributed by atoms with Crippen LogP contribution in [0.5, 0.6) is 0 Å². The largest absolute Gasteiger partial charge is 0.726 e. The number of hydrogen-bond acceptors (Lipinski definition) is 8. The first-order valence-corrected chi connectivity index (χ1v) is 11.7. The van der Waals surface area contributed by atoms with Gasteiger partial charge in [0.25, 0.3) is 0 Å². The first-order chi connectivity index (χ1) is 13.7. The molecular formula is C19H36N5O5S. The van der Waals surface area contributed by atoms with Gasteiger partial charge in [0.05, 0.1) is 33.8 Å². The van der Waals surface area contributed by atoms with Crippen LogP contribution in [0.15, 0.2) is 4.99 Å². The smallest absolute Gasteiger partial charge is 0.356 e. The van der Waals surface area contributed by atoms with Crippen LogP contribution in [0, 0.1) is 0 Å². The van der Waals surface area contributed by atoms with E-state index in [4.69, 9.17) is 4.99 Å². The summed E-state index contributed by atoms with van der Waals surface area (Å²) in [6.07, 6.45) is 6.52. The molecule has 0 amide bonds. The highest BCUT2D eigenvalue weighted by Gasteiger charge is 2.55. The number of likely N-dealkylation sites (N-methyl/N-ethyl adjacent to an activating group) is 1. The zero-order valence-electron chi connectivity index (χ0n) is 19.2. The van der Waals surface area contributed by atoms with Crippen molar-refractivity contribution in [2.75, 3.05) is 34.3 Å². The molecule has 0 spiro atoms. The van der Waals surface area contributed by atoms with E-state index in [-0.39, 0.29) is 0 Å². The third kappa shape index (κ3) is 5.31. The van der Waals surface area contributed by atoms with Gasteiger partial charge in [-0.15, -0.1) is 10.3 Å². The van der Waals surface area contributed by atoms with Crippen molar-refractivity contribution in [3.63, 3.8) is 0 Å². The van der Waals surface area contributed by atoms with Gasteiger partial charge >= 0.3 is 5.96 Å². The Hall–Kier alpha value is -1.27. The summed E-state index contributed by atoms with van der Waals surface area (Å²) < 4.78 is 33.3. The van der Waals surface area contributed by atoms with E-state index in [1.165, 1.54) is 38.1 Å². The van der Waals surface area contributed by atoms with Gasteiger partial charge in [0.15, 0.2) is 5.84 Å². The fourth-order valence-electron chi connectivity index (χ4n) is 4.55. The third-order valence-corrected chi connectivity index (χ3v) is 6.48. The summed E-state index contributed by atoms with van der Waals surface area (Å²) in [5.41, 5.74) is -1.30. The highest BCUT2D eigenvalue weighted by Crippen LogP contribution is 2.35. The Kier molecular flexibility index (Phi) is 7.56. The number of guanidine groups is 1. The number of hydrogen-bond donors (Lipinski definition) is 0. The number of rotatable bonds is 2. The Balaban J connectivity index is 0.000000469. The van der Waals surface area contributed by atoms with Crippen LogP contribution in [0.25, 0.3) is 0 Å². The van der Waals surface area contributed by atoms with Crippen molar-refractivity contribution in [1.29, 1.82) is 0 Å². The average Bonchev–Trinajstić information content (AvgIpc) is 3.12. The van der Waals surface area contributed by atoms with Gasteiger partial charge in [0, 0.05) is 0 Å². The molecule has 1 saturated carbocycles. The van der Waals surface area contributed by atoms with Crippen molar-refractivity contribution in [2.45, 2.75) is 77.0 Å². The number of amidine groups is 1. The summed E-state index contributed by atoms with van der Waals surface area (Å²) in [4.78, 5) is 9.55. The lowest BCUT2D eigenvalue weighted by Crippen LogP contribution is -2.57. The maximum absolute atomic E-state index is 12.7. The molecule has 1 fully saturated rings. The van der Waals surface area contributed by atoms with Crippen LogP contribution in [-0.2, 0) is 19.8 Å². The maximum Gasteiger partial charge on any atom is 0.356 e. The standard InChI is InChI=1S/C18H33N5O.CH4O4S/c1-17(2)15(19-18(3,4)23(17)24)22-13-12-20(5)16(22)21(6)14-10-8-7-9-11-14;1-5-6(2,3)4/h14H,7-13H2,1-6H3;1H3,(H,2,3,4)/q+1;/p-1.